The van der Waals surface area contributed by atoms with Crippen molar-refractivity contribution in [1.82, 2.24) is 14.9 Å². The highest BCUT2D eigenvalue weighted by Crippen LogP contribution is 2.27. The number of hydrogen-bond donors (Lipinski definition) is 1. The number of benzene rings is 3. The van der Waals surface area contributed by atoms with E-state index in [9.17, 15) is 4.79 Å². The lowest BCUT2D eigenvalue weighted by Gasteiger charge is -2.12. The predicted molar refractivity (Wildman–Crippen MR) is 124 cm³/mol. The van der Waals surface area contributed by atoms with Gasteiger partial charge in [0.25, 0.3) is 5.91 Å². The summed E-state index contributed by atoms with van der Waals surface area (Å²) in [6, 6.07) is 21.3. The van der Waals surface area contributed by atoms with E-state index in [4.69, 9.17) is 14.5 Å². The number of carbonyl (C=O) groups excluding carboxylic acids is 1. The Morgan fingerprint density at radius 3 is 2.48 bits per heavy atom. The van der Waals surface area contributed by atoms with E-state index in [2.05, 4.69) is 37.9 Å². The highest BCUT2D eigenvalue weighted by atomic mass is 79.9. The second kappa shape index (κ2) is 9.22. The zero-order chi connectivity index (χ0) is 21.8. The summed E-state index contributed by atoms with van der Waals surface area (Å²) in [6.45, 7) is 0.966. The van der Waals surface area contributed by atoms with Gasteiger partial charge in [-0.15, -0.1) is 0 Å². The second-order valence-corrected chi connectivity index (χ2v) is 7.90. The smallest absolute Gasteiger partial charge is 0.251 e. The number of carbonyl (C=O) groups is 1. The third kappa shape index (κ3) is 4.56. The monoisotopic (exact) mass is 479 g/mol. The first kappa shape index (κ1) is 20.9. The standard InChI is InChI=1S/C24H22BrN3O3/c1-30-21-12-9-17(13-22(21)31-2)24(29)26-14-23-27-19-5-3-4-6-20(19)28(23)15-16-7-10-18(25)11-8-16/h3-13H,14-15H2,1-2H3,(H,26,29). The van der Waals surface area contributed by atoms with Crippen LogP contribution in [-0.4, -0.2) is 29.7 Å². The molecule has 4 rings (SSSR count). The van der Waals surface area contributed by atoms with E-state index in [1.807, 2.05) is 36.4 Å². The van der Waals surface area contributed by atoms with E-state index in [1.165, 1.54) is 0 Å². The van der Waals surface area contributed by atoms with Crippen molar-refractivity contribution in [2.45, 2.75) is 13.1 Å². The van der Waals surface area contributed by atoms with Crippen LogP contribution in [0.3, 0.4) is 0 Å². The van der Waals surface area contributed by atoms with Gasteiger partial charge in [-0.1, -0.05) is 40.2 Å². The van der Waals surface area contributed by atoms with Crippen LogP contribution in [0.15, 0.2) is 71.2 Å². The van der Waals surface area contributed by atoms with Gasteiger partial charge in [-0.25, -0.2) is 4.98 Å². The Bertz CT molecular complexity index is 1220. The van der Waals surface area contributed by atoms with Crippen molar-refractivity contribution in [3.05, 3.63) is 88.2 Å². The van der Waals surface area contributed by atoms with E-state index in [0.29, 0.717) is 30.2 Å². The average molecular weight is 480 g/mol. The number of halogens is 1. The van der Waals surface area contributed by atoms with E-state index >= 15 is 0 Å². The van der Waals surface area contributed by atoms with Gasteiger partial charge in [0.2, 0.25) is 0 Å². The minimum Gasteiger partial charge on any atom is -0.493 e. The summed E-state index contributed by atoms with van der Waals surface area (Å²) in [5.41, 5.74) is 3.57. The summed E-state index contributed by atoms with van der Waals surface area (Å²) in [6.07, 6.45) is 0. The number of nitrogens with zero attached hydrogens (tertiary/aromatic N) is 2. The van der Waals surface area contributed by atoms with Crippen molar-refractivity contribution in [1.29, 1.82) is 0 Å². The highest BCUT2D eigenvalue weighted by Gasteiger charge is 2.14. The van der Waals surface area contributed by atoms with Crippen LogP contribution >= 0.6 is 15.9 Å². The highest BCUT2D eigenvalue weighted by molar-refractivity contribution is 9.10. The molecule has 0 aliphatic heterocycles. The molecule has 6 nitrogen and oxygen atoms in total. The van der Waals surface area contributed by atoms with Crippen molar-refractivity contribution in [3.63, 3.8) is 0 Å². The normalized spacial score (nSPS) is 10.8. The van der Waals surface area contributed by atoms with Crippen molar-refractivity contribution in [3.8, 4) is 11.5 Å². The van der Waals surface area contributed by atoms with Crippen molar-refractivity contribution in [2.75, 3.05) is 14.2 Å². The van der Waals surface area contributed by atoms with Crippen LogP contribution in [0.25, 0.3) is 11.0 Å². The van der Waals surface area contributed by atoms with Gasteiger partial charge >= 0.3 is 0 Å². The Morgan fingerprint density at radius 2 is 1.74 bits per heavy atom. The Morgan fingerprint density at radius 1 is 1.00 bits per heavy atom. The molecule has 0 spiro atoms. The summed E-state index contributed by atoms with van der Waals surface area (Å²) in [5, 5.41) is 2.97. The minimum atomic E-state index is -0.205. The first-order chi connectivity index (χ1) is 15.1. The number of amides is 1. The fraction of sp³-hybridized carbons (Fsp3) is 0.167. The summed E-state index contributed by atoms with van der Waals surface area (Å²) >= 11 is 3.48. The molecular weight excluding hydrogens is 458 g/mol. The van der Waals surface area contributed by atoms with Gasteiger partial charge in [0, 0.05) is 16.6 Å². The zero-order valence-electron chi connectivity index (χ0n) is 17.3. The summed E-state index contributed by atoms with van der Waals surface area (Å²) in [4.78, 5) is 17.5. The van der Waals surface area contributed by atoms with E-state index < -0.39 is 0 Å². The van der Waals surface area contributed by atoms with Crippen LogP contribution in [0.4, 0.5) is 0 Å². The molecular formula is C24H22BrN3O3. The molecule has 0 unspecified atom stereocenters. The number of ether oxygens (including phenoxy) is 2. The SMILES string of the molecule is COc1ccc(C(=O)NCc2nc3ccccc3n2Cc2ccc(Br)cc2)cc1OC. The number of para-hydroxylation sites is 2. The molecule has 0 fully saturated rings. The number of fused-ring (bicyclic) bond motifs is 1. The van der Waals surface area contributed by atoms with Gasteiger partial charge in [0.15, 0.2) is 11.5 Å². The fourth-order valence-corrected chi connectivity index (χ4v) is 3.71. The molecule has 158 valence electrons. The minimum absolute atomic E-state index is 0.205. The number of imidazole rings is 1. The first-order valence-corrected chi connectivity index (χ1v) is 10.6. The predicted octanol–water partition coefficient (Wildman–Crippen LogP) is 4.79. The Kier molecular flexibility index (Phi) is 6.23. The maximum Gasteiger partial charge on any atom is 0.251 e. The number of rotatable bonds is 7. The van der Waals surface area contributed by atoms with Gasteiger partial charge in [0.1, 0.15) is 5.82 Å². The van der Waals surface area contributed by atoms with E-state index in [0.717, 1.165) is 26.9 Å². The number of aromatic nitrogens is 2. The summed E-state index contributed by atoms with van der Waals surface area (Å²) < 4.78 is 13.7. The maximum atomic E-state index is 12.8. The third-order valence-electron chi connectivity index (χ3n) is 5.04. The molecule has 0 radical (unpaired) electrons. The van der Waals surface area contributed by atoms with Gasteiger partial charge in [-0.05, 0) is 48.0 Å². The molecule has 0 saturated heterocycles. The molecule has 0 atom stereocenters. The van der Waals surface area contributed by atoms with Crippen molar-refractivity contribution in [2.24, 2.45) is 0 Å². The molecule has 31 heavy (non-hydrogen) atoms. The van der Waals surface area contributed by atoms with Crippen LogP contribution in [0.1, 0.15) is 21.7 Å². The number of nitrogens with one attached hydrogen (secondary N) is 1. The first-order valence-electron chi connectivity index (χ1n) is 9.78. The third-order valence-corrected chi connectivity index (χ3v) is 5.57. The van der Waals surface area contributed by atoms with Gasteiger partial charge in [0.05, 0.1) is 31.8 Å². The van der Waals surface area contributed by atoms with Gasteiger partial charge < -0.3 is 19.4 Å². The molecule has 0 bridgehead atoms. The summed E-state index contributed by atoms with van der Waals surface area (Å²) in [7, 11) is 3.11. The molecule has 3 aromatic carbocycles. The molecule has 0 aliphatic carbocycles. The molecule has 4 aromatic rings. The van der Waals surface area contributed by atoms with Crippen molar-refractivity contribution < 1.29 is 14.3 Å². The van der Waals surface area contributed by atoms with Crippen LogP contribution in [0.5, 0.6) is 11.5 Å². The molecule has 1 amide bonds. The average Bonchev–Trinajstić information content (AvgIpc) is 3.15. The topological polar surface area (TPSA) is 65.4 Å². The van der Waals surface area contributed by atoms with Crippen molar-refractivity contribution >= 4 is 32.9 Å². The lowest BCUT2D eigenvalue weighted by atomic mass is 10.2. The Balaban J connectivity index is 1.58. The van der Waals surface area contributed by atoms with Gasteiger partial charge in [-0.3, -0.25) is 4.79 Å². The fourth-order valence-electron chi connectivity index (χ4n) is 3.45. The van der Waals surface area contributed by atoms with Crippen LogP contribution in [0.2, 0.25) is 0 Å². The van der Waals surface area contributed by atoms with Crippen LogP contribution in [0, 0.1) is 0 Å². The summed E-state index contributed by atoms with van der Waals surface area (Å²) in [5.74, 6) is 1.68. The quantitative estimate of drug-likeness (QED) is 0.413. The lowest BCUT2D eigenvalue weighted by molar-refractivity contribution is 0.0949. The Labute approximate surface area is 188 Å². The molecule has 0 aliphatic rings. The lowest BCUT2D eigenvalue weighted by Crippen LogP contribution is -2.25. The molecule has 1 heterocycles. The van der Waals surface area contributed by atoms with Crippen LogP contribution < -0.4 is 14.8 Å². The van der Waals surface area contributed by atoms with E-state index in [1.54, 1.807) is 32.4 Å². The zero-order valence-corrected chi connectivity index (χ0v) is 18.8. The second-order valence-electron chi connectivity index (χ2n) is 6.98. The molecule has 0 saturated carbocycles. The van der Waals surface area contributed by atoms with Gasteiger partial charge in [-0.2, -0.15) is 0 Å². The molecule has 1 aromatic heterocycles. The van der Waals surface area contributed by atoms with E-state index in [-0.39, 0.29) is 5.91 Å². The van der Waals surface area contributed by atoms with Crippen LogP contribution in [-0.2, 0) is 13.1 Å². The number of methoxy groups -OCH3 is 2. The molecule has 1 N–H and O–H groups in total. The molecule has 7 heteroatoms. The Hall–Kier alpha value is -3.32. The largest absolute Gasteiger partial charge is 0.493 e. The maximum absolute atomic E-state index is 12.8. The number of hydrogen-bond acceptors (Lipinski definition) is 4.